The first-order valence-corrected chi connectivity index (χ1v) is 13.3. The normalized spacial score (nSPS) is 14.5. The molecule has 1 fully saturated rings. The zero-order valence-corrected chi connectivity index (χ0v) is 21.9. The number of hydrogen-bond donors (Lipinski definition) is 2. The highest BCUT2D eigenvalue weighted by atomic mass is 16.1. The number of anilines is 3. The van der Waals surface area contributed by atoms with Crippen LogP contribution in [0.2, 0.25) is 0 Å². The summed E-state index contributed by atoms with van der Waals surface area (Å²) in [5.74, 6) is 3.10. The van der Waals surface area contributed by atoms with Crippen LogP contribution in [-0.2, 0) is 17.6 Å². The predicted octanol–water partition coefficient (Wildman–Crippen LogP) is 6.11. The largest absolute Gasteiger partial charge is 0.324 e. The van der Waals surface area contributed by atoms with Gasteiger partial charge in [0.05, 0.1) is 6.54 Å². The molecule has 2 aliphatic rings. The zero-order chi connectivity index (χ0) is 26.6. The molecule has 1 aliphatic carbocycles. The number of nitrogens with one attached hydrogen (secondary N) is 2. The number of carbonyl (C=O) groups excluding carboxylic acids is 1. The van der Waals surface area contributed by atoms with Gasteiger partial charge in [0, 0.05) is 24.1 Å². The van der Waals surface area contributed by atoms with Gasteiger partial charge in [-0.2, -0.15) is 15.0 Å². The summed E-state index contributed by atoms with van der Waals surface area (Å²) < 4.78 is 0. The minimum atomic E-state index is 0.189. The van der Waals surface area contributed by atoms with Crippen LogP contribution >= 0.6 is 0 Å². The molecule has 1 aromatic heterocycles. The van der Waals surface area contributed by atoms with Gasteiger partial charge in [0.1, 0.15) is 11.6 Å². The molecule has 2 N–H and O–H groups in total. The molecule has 6 rings (SSSR count). The molecule has 0 radical (unpaired) electrons. The Kier molecular flexibility index (Phi) is 6.95. The van der Waals surface area contributed by atoms with Crippen LogP contribution in [0.15, 0.2) is 95.5 Å². The van der Waals surface area contributed by atoms with Crippen LogP contribution in [0.25, 0.3) is 11.4 Å². The predicted molar refractivity (Wildman–Crippen MR) is 155 cm³/mol. The number of ketones is 1. The summed E-state index contributed by atoms with van der Waals surface area (Å²) in [4.78, 5) is 31.2. The van der Waals surface area contributed by atoms with E-state index < -0.39 is 0 Å². The van der Waals surface area contributed by atoms with Crippen molar-refractivity contribution in [3.63, 3.8) is 0 Å². The van der Waals surface area contributed by atoms with Gasteiger partial charge in [-0.25, -0.2) is 0 Å². The summed E-state index contributed by atoms with van der Waals surface area (Å²) in [5.41, 5.74) is 6.31. The van der Waals surface area contributed by atoms with Gasteiger partial charge < -0.3 is 10.6 Å². The Morgan fingerprint density at radius 1 is 0.795 bits per heavy atom. The average molecular weight is 515 g/mol. The number of aryl methyl sites for hydroxylation is 1. The summed E-state index contributed by atoms with van der Waals surface area (Å²) >= 11 is 0. The Morgan fingerprint density at radius 3 is 2.10 bits per heavy atom. The van der Waals surface area contributed by atoms with Crippen LogP contribution < -0.4 is 10.6 Å². The fourth-order valence-electron chi connectivity index (χ4n) is 4.60. The first kappa shape index (κ1) is 24.7. The number of amidine groups is 1. The summed E-state index contributed by atoms with van der Waals surface area (Å²) in [7, 11) is 0. The van der Waals surface area contributed by atoms with Gasteiger partial charge in [-0.1, -0.05) is 72.3 Å². The summed E-state index contributed by atoms with van der Waals surface area (Å²) in [6, 6.07) is 25.8. The number of benzene rings is 3. The Bertz CT molecular complexity index is 1540. The molecule has 0 atom stereocenters. The van der Waals surface area contributed by atoms with Crippen molar-refractivity contribution in [1.29, 1.82) is 0 Å². The van der Waals surface area contributed by atoms with E-state index in [1.807, 2.05) is 85.8 Å². The molecule has 1 saturated carbocycles. The number of nitrogens with zero attached hydrogens (tertiary/aromatic N) is 4. The highest BCUT2D eigenvalue weighted by molar-refractivity contribution is 6.05. The van der Waals surface area contributed by atoms with Crippen molar-refractivity contribution in [3.05, 3.63) is 107 Å². The quantitative estimate of drug-likeness (QED) is 0.280. The van der Waals surface area contributed by atoms with Crippen LogP contribution in [-0.4, -0.2) is 33.1 Å². The molecule has 4 aromatic rings. The van der Waals surface area contributed by atoms with Crippen molar-refractivity contribution in [2.45, 2.75) is 32.6 Å². The molecular weight excluding hydrogens is 484 g/mol. The zero-order valence-electron chi connectivity index (χ0n) is 21.9. The number of Topliss-reactive ketones (excluding diaryl/α,β-unsaturated/α-hetero) is 1. The van der Waals surface area contributed by atoms with Crippen LogP contribution in [0.5, 0.6) is 0 Å². The summed E-state index contributed by atoms with van der Waals surface area (Å²) in [5, 5.41) is 6.58. The maximum atomic E-state index is 12.6. The highest BCUT2D eigenvalue weighted by Gasteiger charge is 2.28. The van der Waals surface area contributed by atoms with Crippen molar-refractivity contribution in [1.82, 2.24) is 15.0 Å². The van der Waals surface area contributed by atoms with Crippen molar-refractivity contribution in [2.24, 2.45) is 10.9 Å². The average Bonchev–Trinajstić information content (AvgIpc) is 3.70. The van der Waals surface area contributed by atoms with Gasteiger partial charge in [0.25, 0.3) is 0 Å². The molecule has 1 aliphatic heterocycles. The second-order valence-electron chi connectivity index (χ2n) is 10.2. The molecular formula is C32H30N6O. The Hall–Kier alpha value is -4.65. The topological polar surface area (TPSA) is 92.2 Å². The first-order valence-electron chi connectivity index (χ1n) is 13.3. The van der Waals surface area contributed by atoms with Gasteiger partial charge in [-0.3, -0.25) is 9.79 Å². The second kappa shape index (κ2) is 11.0. The molecule has 7 nitrogen and oxygen atoms in total. The third-order valence-electron chi connectivity index (χ3n) is 6.90. The van der Waals surface area contributed by atoms with Crippen molar-refractivity contribution in [3.8, 4) is 11.4 Å². The number of aromatic nitrogens is 3. The van der Waals surface area contributed by atoms with E-state index in [1.54, 1.807) is 0 Å². The molecule has 0 amide bonds. The smallest absolute Gasteiger partial charge is 0.233 e. The minimum absolute atomic E-state index is 0.189. The number of aliphatic imine (C=N–C) groups is 1. The van der Waals surface area contributed by atoms with E-state index in [9.17, 15) is 4.79 Å². The molecule has 0 unspecified atom stereocenters. The van der Waals surface area contributed by atoms with Crippen molar-refractivity contribution < 1.29 is 4.79 Å². The Balaban J connectivity index is 1.16. The van der Waals surface area contributed by atoms with Crippen LogP contribution in [0.3, 0.4) is 0 Å². The summed E-state index contributed by atoms with van der Waals surface area (Å²) in [6.45, 7) is 2.79. The van der Waals surface area contributed by atoms with Crippen LogP contribution in [0.1, 0.15) is 29.5 Å². The molecule has 194 valence electrons. The van der Waals surface area contributed by atoms with E-state index in [1.165, 1.54) is 24.0 Å². The third kappa shape index (κ3) is 6.44. The van der Waals surface area contributed by atoms with Gasteiger partial charge in [-0.05, 0) is 60.6 Å². The standard InChI is InChI=1S/C32H30N6O/c1-21-7-9-22(10-8-21)17-28(39)18-23-11-15-27(16-12-23)34-31-36-30(25-5-3-2-4-6-25)37-32(38-31)35-29-19-26(20-33-29)24-13-14-24/h2-12,15-16,19,24H,13-14,17-18,20H2,1H3,(H2,33,34,35,36,37,38). The second-order valence-corrected chi connectivity index (χ2v) is 10.2. The number of rotatable bonds is 9. The number of hydrogen-bond acceptors (Lipinski definition) is 7. The van der Waals surface area contributed by atoms with Gasteiger partial charge in [-0.15, -0.1) is 0 Å². The van der Waals surface area contributed by atoms with E-state index in [0.717, 1.165) is 34.8 Å². The van der Waals surface area contributed by atoms with Gasteiger partial charge >= 0.3 is 0 Å². The molecule has 0 spiro atoms. The summed E-state index contributed by atoms with van der Waals surface area (Å²) in [6.07, 6.45) is 5.46. The molecule has 39 heavy (non-hydrogen) atoms. The molecule has 0 saturated heterocycles. The van der Waals surface area contributed by atoms with E-state index in [4.69, 9.17) is 0 Å². The molecule has 7 heteroatoms. The van der Waals surface area contributed by atoms with Gasteiger partial charge in [0.2, 0.25) is 11.9 Å². The van der Waals surface area contributed by atoms with E-state index in [-0.39, 0.29) is 5.78 Å². The fraction of sp³-hybridized carbons (Fsp3) is 0.219. The lowest BCUT2D eigenvalue weighted by molar-refractivity contribution is -0.117. The highest BCUT2D eigenvalue weighted by Crippen LogP contribution is 2.37. The van der Waals surface area contributed by atoms with Crippen LogP contribution in [0, 0.1) is 12.8 Å². The lowest BCUT2D eigenvalue weighted by atomic mass is 10.0. The van der Waals surface area contributed by atoms with Gasteiger partial charge in [0.15, 0.2) is 5.82 Å². The number of carbonyl (C=O) groups is 1. The van der Waals surface area contributed by atoms with Crippen LogP contribution in [0.4, 0.5) is 17.6 Å². The monoisotopic (exact) mass is 514 g/mol. The fourth-order valence-corrected chi connectivity index (χ4v) is 4.60. The van der Waals surface area contributed by atoms with E-state index >= 15 is 0 Å². The van der Waals surface area contributed by atoms with Crippen molar-refractivity contribution >= 4 is 29.2 Å². The Morgan fingerprint density at radius 2 is 1.44 bits per heavy atom. The van der Waals surface area contributed by atoms with E-state index in [0.29, 0.717) is 36.5 Å². The lowest BCUT2D eigenvalue weighted by Crippen LogP contribution is -2.13. The third-order valence-corrected chi connectivity index (χ3v) is 6.90. The first-order chi connectivity index (χ1) is 19.1. The molecule has 3 aromatic carbocycles. The maximum absolute atomic E-state index is 12.6. The molecule has 2 heterocycles. The SMILES string of the molecule is Cc1ccc(CC(=O)Cc2ccc(Nc3nc(NC4=NCC(C5CC5)=C4)nc(-c4ccccc4)n3)cc2)cc1. The lowest BCUT2D eigenvalue weighted by Gasteiger charge is -2.11. The maximum Gasteiger partial charge on any atom is 0.233 e. The minimum Gasteiger partial charge on any atom is -0.324 e. The van der Waals surface area contributed by atoms with E-state index in [2.05, 4.69) is 36.7 Å². The van der Waals surface area contributed by atoms with Crippen molar-refractivity contribution in [2.75, 3.05) is 17.2 Å². The molecule has 0 bridgehead atoms. The Labute approximate surface area is 228 Å².